The molecule has 116 valence electrons. The largest absolute Gasteiger partial charge is 0.323 e. The van der Waals surface area contributed by atoms with Crippen molar-refractivity contribution in [2.75, 3.05) is 5.32 Å². The van der Waals surface area contributed by atoms with E-state index in [1.54, 1.807) is 29.5 Å². The quantitative estimate of drug-likeness (QED) is 0.783. The van der Waals surface area contributed by atoms with Crippen molar-refractivity contribution >= 4 is 23.2 Å². The van der Waals surface area contributed by atoms with Crippen molar-refractivity contribution < 1.29 is 4.79 Å². The zero-order valence-corrected chi connectivity index (χ0v) is 13.1. The van der Waals surface area contributed by atoms with Gasteiger partial charge < -0.3 is 5.32 Å². The van der Waals surface area contributed by atoms with Crippen molar-refractivity contribution in [3.05, 3.63) is 77.3 Å². The van der Waals surface area contributed by atoms with Gasteiger partial charge in [-0.3, -0.25) is 14.5 Å². The molecule has 1 aromatic carbocycles. The number of pyridine rings is 1. The van der Waals surface area contributed by atoms with Crippen molar-refractivity contribution in [2.24, 2.45) is 0 Å². The maximum absolute atomic E-state index is 12.0. The van der Waals surface area contributed by atoms with E-state index < -0.39 is 0 Å². The highest BCUT2D eigenvalue weighted by atomic mass is 35.5. The second-order valence-electron chi connectivity index (χ2n) is 5.14. The second kappa shape index (κ2) is 7.07. The molecule has 0 saturated heterocycles. The minimum atomic E-state index is -0.0935. The summed E-state index contributed by atoms with van der Waals surface area (Å²) in [6.45, 7) is 0.621. The summed E-state index contributed by atoms with van der Waals surface area (Å²) < 4.78 is 1.77. The molecule has 3 aromatic rings. The molecule has 1 N–H and O–H groups in total. The lowest BCUT2D eigenvalue weighted by atomic mass is 10.2. The van der Waals surface area contributed by atoms with Gasteiger partial charge in [0, 0.05) is 23.6 Å². The van der Waals surface area contributed by atoms with Crippen molar-refractivity contribution in [1.82, 2.24) is 14.8 Å². The summed E-state index contributed by atoms with van der Waals surface area (Å²) in [6, 6.07) is 11.3. The van der Waals surface area contributed by atoms with Gasteiger partial charge in [-0.25, -0.2) is 0 Å². The number of carbonyl (C=O) groups excluding carboxylic acids is 1. The van der Waals surface area contributed by atoms with Crippen LogP contribution in [-0.2, 0) is 17.8 Å². The first-order chi connectivity index (χ1) is 11.2. The monoisotopic (exact) mass is 326 g/mol. The van der Waals surface area contributed by atoms with E-state index in [4.69, 9.17) is 11.6 Å². The van der Waals surface area contributed by atoms with Gasteiger partial charge in [-0.05, 0) is 29.3 Å². The van der Waals surface area contributed by atoms with Crippen LogP contribution in [0, 0.1) is 0 Å². The van der Waals surface area contributed by atoms with Gasteiger partial charge in [0.15, 0.2) is 0 Å². The van der Waals surface area contributed by atoms with Crippen LogP contribution in [0.25, 0.3) is 0 Å². The Balaban J connectivity index is 1.58. The van der Waals surface area contributed by atoms with Gasteiger partial charge in [0.05, 0.1) is 24.8 Å². The first-order valence-corrected chi connectivity index (χ1v) is 7.52. The molecule has 0 spiro atoms. The van der Waals surface area contributed by atoms with Crippen LogP contribution in [0.2, 0.25) is 5.02 Å². The van der Waals surface area contributed by atoms with E-state index in [0.717, 1.165) is 11.1 Å². The summed E-state index contributed by atoms with van der Waals surface area (Å²) in [5.41, 5.74) is 2.64. The van der Waals surface area contributed by atoms with Crippen LogP contribution in [0.15, 0.2) is 61.2 Å². The molecule has 0 bridgehead atoms. The maximum atomic E-state index is 12.0. The molecule has 0 aliphatic heterocycles. The molecule has 0 saturated carbocycles. The smallest absolute Gasteiger partial charge is 0.228 e. The molecule has 0 fully saturated rings. The third-order valence-electron chi connectivity index (χ3n) is 3.26. The van der Waals surface area contributed by atoms with Gasteiger partial charge >= 0.3 is 0 Å². The predicted octanol–water partition coefficient (Wildman–Crippen LogP) is 3.16. The Kier molecular flexibility index (Phi) is 4.68. The Morgan fingerprint density at radius 3 is 2.70 bits per heavy atom. The Bertz CT molecular complexity index is 784. The molecule has 0 aliphatic carbocycles. The number of benzene rings is 1. The molecule has 3 rings (SSSR count). The Labute approximate surface area is 138 Å². The highest BCUT2D eigenvalue weighted by Gasteiger charge is 2.06. The Morgan fingerprint density at radius 1 is 1.13 bits per heavy atom. The third-order valence-corrected chi connectivity index (χ3v) is 3.51. The second-order valence-corrected chi connectivity index (χ2v) is 5.58. The van der Waals surface area contributed by atoms with Crippen LogP contribution in [0.5, 0.6) is 0 Å². The van der Waals surface area contributed by atoms with Gasteiger partial charge in [-0.15, -0.1) is 0 Å². The number of nitrogens with one attached hydrogen (secondary N) is 1. The molecule has 2 aromatic heterocycles. The molecular formula is C17H15ClN4O. The minimum absolute atomic E-state index is 0.0935. The lowest BCUT2D eigenvalue weighted by Crippen LogP contribution is -2.14. The summed E-state index contributed by atoms with van der Waals surface area (Å²) in [5.74, 6) is -0.0935. The van der Waals surface area contributed by atoms with Crippen molar-refractivity contribution in [1.29, 1.82) is 0 Å². The van der Waals surface area contributed by atoms with E-state index in [1.807, 2.05) is 36.4 Å². The van der Waals surface area contributed by atoms with Crippen LogP contribution in [0.3, 0.4) is 0 Å². The number of rotatable bonds is 5. The van der Waals surface area contributed by atoms with Gasteiger partial charge in [-0.1, -0.05) is 29.8 Å². The van der Waals surface area contributed by atoms with Gasteiger partial charge in [0.1, 0.15) is 0 Å². The van der Waals surface area contributed by atoms with Crippen molar-refractivity contribution in [3.63, 3.8) is 0 Å². The highest BCUT2D eigenvalue weighted by molar-refractivity contribution is 6.30. The fourth-order valence-corrected chi connectivity index (χ4v) is 2.31. The van der Waals surface area contributed by atoms with E-state index in [0.29, 0.717) is 17.3 Å². The number of halogens is 1. The SMILES string of the molecule is O=C(Cc1cccnc1)Nc1cnn(Cc2ccc(Cl)cc2)c1. The topological polar surface area (TPSA) is 59.8 Å². The summed E-state index contributed by atoms with van der Waals surface area (Å²) in [5, 5.41) is 7.79. The molecule has 6 heteroatoms. The highest BCUT2D eigenvalue weighted by Crippen LogP contribution is 2.12. The normalized spacial score (nSPS) is 10.5. The summed E-state index contributed by atoms with van der Waals surface area (Å²) in [6.07, 6.45) is 7.09. The van der Waals surface area contributed by atoms with Crippen molar-refractivity contribution in [2.45, 2.75) is 13.0 Å². The number of nitrogens with zero attached hydrogens (tertiary/aromatic N) is 3. The fraction of sp³-hybridized carbons (Fsp3) is 0.118. The number of hydrogen-bond acceptors (Lipinski definition) is 3. The summed E-state index contributed by atoms with van der Waals surface area (Å²) >= 11 is 5.87. The van der Waals surface area contributed by atoms with Gasteiger partial charge in [0.2, 0.25) is 5.91 Å². The molecular weight excluding hydrogens is 312 g/mol. The van der Waals surface area contributed by atoms with Crippen LogP contribution >= 0.6 is 11.6 Å². The van der Waals surface area contributed by atoms with E-state index in [2.05, 4.69) is 15.4 Å². The summed E-state index contributed by atoms with van der Waals surface area (Å²) in [7, 11) is 0. The Morgan fingerprint density at radius 2 is 1.96 bits per heavy atom. The molecule has 0 aliphatic rings. The molecule has 0 unspecified atom stereocenters. The van der Waals surface area contributed by atoms with Crippen molar-refractivity contribution in [3.8, 4) is 0 Å². The number of amides is 1. The zero-order chi connectivity index (χ0) is 16.1. The van der Waals surface area contributed by atoms with Gasteiger partial charge in [-0.2, -0.15) is 5.10 Å². The average Bonchev–Trinajstić information content (AvgIpc) is 2.97. The molecule has 2 heterocycles. The number of aromatic nitrogens is 3. The lowest BCUT2D eigenvalue weighted by molar-refractivity contribution is -0.115. The standard InChI is InChI=1S/C17H15ClN4O/c18-15-5-3-13(4-6-15)11-22-12-16(10-20-22)21-17(23)8-14-2-1-7-19-9-14/h1-7,9-10,12H,8,11H2,(H,21,23). The molecule has 23 heavy (non-hydrogen) atoms. The zero-order valence-electron chi connectivity index (χ0n) is 12.3. The van der Waals surface area contributed by atoms with Crippen LogP contribution in [-0.4, -0.2) is 20.7 Å². The van der Waals surface area contributed by atoms with Crippen LogP contribution in [0.4, 0.5) is 5.69 Å². The minimum Gasteiger partial charge on any atom is -0.323 e. The van der Waals surface area contributed by atoms with E-state index in [9.17, 15) is 4.79 Å². The summed E-state index contributed by atoms with van der Waals surface area (Å²) in [4.78, 5) is 16.0. The number of hydrogen-bond donors (Lipinski definition) is 1. The number of carbonyl (C=O) groups is 1. The molecule has 5 nitrogen and oxygen atoms in total. The molecule has 1 amide bonds. The Hall–Kier alpha value is -2.66. The molecule has 0 atom stereocenters. The van der Waals surface area contributed by atoms with E-state index in [1.165, 1.54) is 0 Å². The molecule has 0 radical (unpaired) electrons. The maximum Gasteiger partial charge on any atom is 0.228 e. The van der Waals surface area contributed by atoms with Gasteiger partial charge in [0.25, 0.3) is 0 Å². The first-order valence-electron chi connectivity index (χ1n) is 7.15. The fourth-order valence-electron chi connectivity index (χ4n) is 2.18. The predicted molar refractivity (Wildman–Crippen MR) is 89.4 cm³/mol. The van der Waals surface area contributed by atoms with Crippen LogP contribution in [0.1, 0.15) is 11.1 Å². The average molecular weight is 327 g/mol. The third kappa shape index (κ3) is 4.40. The number of anilines is 1. The first kappa shape index (κ1) is 15.2. The van der Waals surface area contributed by atoms with E-state index >= 15 is 0 Å². The van der Waals surface area contributed by atoms with Crippen LogP contribution < -0.4 is 5.32 Å². The van der Waals surface area contributed by atoms with E-state index in [-0.39, 0.29) is 12.3 Å². The lowest BCUT2D eigenvalue weighted by Gasteiger charge is -2.03.